The lowest BCUT2D eigenvalue weighted by Crippen LogP contribution is -2.10. The van der Waals surface area contributed by atoms with Gasteiger partial charge in [-0.1, -0.05) is 74.5 Å². The molecule has 0 bridgehead atoms. The van der Waals surface area contributed by atoms with E-state index in [1.165, 1.54) is 0 Å². The van der Waals surface area contributed by atoms with E-state index in [0.29, 0.717) is 36.9 Å². The van der Waals surface area contributed by atoms with Crippen molar-refractivity contribution in [1.82, 2.24) is 0 Å². The number of ether oxygens (including phenoxy) is 3. The lowest BCUT2D eigenvalue weighted by molar-refractivity contribution is 0.0520. The van der Waals surface area contributed by atoms with E-state index in [1.807, 2.05) is 87.5 Å². The normalized spacial score (nSPS) is 9.87. The molecule has 0 saturated heterocycles. The summed E-state index contributed by atoms with van der Waals surface area (Å²) in [6, 6.07) is 23.3. The highest BCUT2D eigenvalue weighted by atomic mass is 16.5. The van der Waals surface area contributed by atoms with Crippen molar-refractivity contribution in [2.75, 3.05) is 6.61 Å². The van der Waals surface area contributed by atoms with E-state index in [9.17, 15) is 4.79 Å². The number of esters is 1. The van der Waals surface area contributed by atoms with Gasteiger partial charge in [-0.3, -0.25) is 0 Å². The fraction of sp³-hybridized carbons (Fsp3) is 0.269. The van der Waals surface area contributed by atoms with E-state index in [4.69, 9.17) is 14.2 Å². The van der Waals surface area contributed by atoms with Gasteiger partial charge in [-0.15, -0.1) is 0 Å². The second kappa shape index (κ2) is 12.3. The molecule has 3 aromatic rings. The predicted molar refractivity (Wildman–Crippen MR) is 120 cm³/mol. The molecule has 0 N–H and O–H groups in total. The molecule has 30 heavy (non-hydrogen) atoms. The second-order valence-electron chi connectivity index (χ2n) is 6.38. The molecule has 0 aromatic heterocycles. The maximum absolute atomic E-state index is 12.4. The van der Waals surface area contributed by atoms with Crippen LogP contribution in [0, 0.1) is 6.92 Å². The molecule has 158 valence electrons. The number of rotatable bonds is 8. The van der Waals surface area contributed by atoms with Crippen LogP contribution in [-0.4, -0.2) is 12.6 Å². The van der Waals surface area contributed by atoms with Crippen LogP contribution in [0.2, 0.25) is 0 Å². The van der Waals surface area contributed by atoms with Crippen molar-refractivity contribution < 1.29 is 19.0 Å². The van der Waals surface area contributed by atoms with E-state index in [1.54, 1.807) is 13.0 Å². The molecule has 4 nitrogen and oxygen atoms in total. The maximum atomic E-state index is 12.4. The van der Waals surface area contributed by atoms with E-state index in [2.05, 4.69) is 0 Å². The van der Waals surface area contributed by atoms with Crippen LogP contribution < -0.4 is 9.47 Å². The predicted octanol–water partition coefficient (Wildman–Crippen LogP) is 6.36. The van der Waals surface area contributed by atoms with Gasteiger partial charge in [0.2, 0.25) is 0 Å². The first-order valence-corrected chi connectivity index (χ1v) is 10.3. The van der Waals surface area contributed by atoms with Crippen LogP contribution in [0.25, 0.3) is 0 Å². The van der Waals surface area contributed by atoms with Crippen molar-refractivity contribution >= 4 is 5.97 Å². The highest BCUT2D eigenvalue weighted by molar-refractivity contribution is 5.94. The molecule has 0 unspecified atom stereocenters. The zero-order chi connectivity index (χ0) is 21.8. The first-order chi connectivity index (χ1) is 14.7. The van der Waals surface area contributed by atoms with Crippen LogP contribution in [0.15, 0.2) is 72.8 Å². The Balaban J connectivity index is 0.00000155. The standard InChI is InChI=1S/C24H24O4.C2H6/c1-3-26-24(25)23-18(2)14-21(27-16-19-10-6-4-7-11-19)15-22(23)28-17-20-12-8-5-9-13-20;1-2/h4-15H,3,16-17H2,1-2H3;1-2H3. The number of aryl methyl sites for hydroxylation is 1. The Morgan fingerprint density at radius 2 is 1.33 bits per heavy atom. The minimum absolute atomic E-state index is 0.308. The molecule has 0 heterocycles. The first kappa shape index (κ1) is 23.0. The van der Waals surface area contributed by atoms with E-state index >= 15 is 0 Å². The summed E-state index contributed by atoms with van der Waals surface area (Å²) in [7, 11) is 0. The molecule has 0 radical (unpaired) electrons. The van der Waals surface area contributed by atoms with Crippen molar-refractivity contribution in [3.63, 3.8) is 0 Å². The van der Waals surface area contributed by atoms with Crippen LogP contribution in [0.1, 0.15) is 47.8 Å². The van der Waals surface area contributed by atoms with Crippen molar-refractivity contribution in [1.29, 1.82) is 0 Å². The lowest BCUT2D eigenvalue weighted by Gasteiger charge is -2.16. The Hall–Kier alpha value is -3.27. The number of hydrogen-bond acceptors (Lipinski definition) is 4. The number of carbonyl (C=O) groups excluding carboxylic acids is 1. The summed E-state index contributed by atoms with van der Waals surface area (Å²) in [5, 5.41) is 0. The van der Waals surface area contributed by atoms with Gasteiger partial charge in [0.15, 0.2) is 0 Å². The fourth-order valence-corrected chi connectivity index (χ4v) is 2.86. The van der Waals surface area contributed by atoms with Gasteiger partial charge >= 0.3 is 5.97 Å². The average Bonchev–Trinajstić information content (AvgIpc) is 2.79. The minimum Gasteiger partial charge on any atom is -0.489 e. The third-order valence-electron chi connectivity index (χ3n) is 4.24. The summed E-state index contributed by atoms with van der Waals surface area (Å²) >= 11 is 0. The molecule has 0 atom stereocenters. The third-order valence-corrected chi connectivity index (χ3v) is 4.24. The molecule has 0 aliphatic heterocycles. The Bertz CT molecular complexity index is 905. The van der Waals surface area contributed by atoms with Gasteiger partial charge in [-0.05, 0) is 36.6 Å². The molecule has 0 amide bonds. The molecule has 0 aliphatic rings. The molecule has 3 aromatic carbocycles. The highest BCUT2D eigenvalue weighted by Crippen LogP contribution is 2.30. The number of carbonyl (C=O) groups is 1. The summed E-state index contributed by atoms with van der Waals surface area (Å²) < 4.78 is 17.1. The van der Waals surface area contributed by atoms with Crippen molar-refractivity contribution in [2.45, 2.75) is 40.9 Å². The highest BCUT2D eigenvalue weighted by Gasteiger charge is 2.19. The van der Waals surface area contributed by atoms with Crippen LogP contribution in [-0.2, 0) is 18.0 Å². The first-order valence-electron chi connectivity index (χ1n) is 10.3. The van der Waals surface area contributed by atoms with E-state index < -0.39 is 5.97 Å². The maximum Gasteiger partial charge on any atom is 0.342 e. The van der Waals surface area contributed by atoms with Gasteiger partial charge in [0.25, 0.3) is 0 Å². The van der Waals surface area contributed by atoms with E-state index in [0.717, 1.165) is 16.7 Å². The quantitative estimate of drug-likeness (QED) is 0.409. The van der Waals surface area contributed by atoms with Crippen LogP contribution in [0.4, 0.5) is 0 Å². The second-order valence-corrected chi connectivity index (χ2v) is 6.38. The van der Waals surface area contributed by atoms with Crippen LogP contribution >= 0.6 is 0 Å². The average molecular weight is 407 g/mol. The van der Waals surface area contributed by atoms with Gasteiger partial charge in [0.05, 0.1) is 6.61 Å². The molecule has 4 heteroatoms. The van der Waals surface area contributed by atoms with Gasteiger partial charge in [0, 0.05) is 6.07 Å². The summed E-state index contributed by atoms with van der Waals surface area (Å²) in [6.45, 7) is 8.75. The monoisotopic (exact) mass is 406 g/mol. The Morgan fingerprint density at radius 1 is 0.800 bits per heavy atom. The summed E-state index contributed by atoms with van der Waals surface area (Å²) in [5.74, 6) is 0.723. The Labute approximate surface area is 179 Å². The Morgan fingerprint density at radius 3 is 1.87 bits per heavy atom. The third kappa shape index (κ3) is 6.66. The molecule has 3 rings (SSSR count). The molecular formula is C26H30O4. The SMILES string of the molecule is CC.CCOC(=O)c1c(C)cc(OCc2ccccc2)cc1OCc1ccccc1. The van der Waals surface area contributed by atoms with Crippen LogP contribution in [0.5, 0.6) is 11.5 Å². The largest absolute Gasteiger partial charge is 0.489 e. The Kier molecular flexibility index (Phi) is 9.46. The van der Waals surface area contributed by atoms with Crippen LogP contribution in [0.3, 0.4) is 0 Å². The van der Waals surface area contributed by atoms with Crippen molar-refractivity contribution in [3.05, 3.63) is 95.1 Å². The van der Waals surface area contributed by atoms with Crippen molar-refractivity contribution in [2.24, 2.45) is 0 Å². The van der Waals surface area contributed by atoms with Crippen molar-refractivity contribution in [3.8, 4) is 11.5 Å². The zero-order valence-corrected chi connectivity index (χ0v) is 18.2. The summed E-state index contributed by atoms with van der Waals surface area (Å²) in [6.07, 6.45) is 0. The molecule has 0 spiro atoms. The summed E-state index contributed by atoms with van der Waals surface area (Å²) in [4.78, 5) is 12.4. The van der Waals surface area contributed by atoms with Gasteiger partial charge in [-0.25, -0.2) is 4.79 Å². The number of hydrogen-bond donors (Lipinski definition) is 0. The van der Waals surface area contributed by atoms with Gasteiger partial charge in [-0.2, -0.15) is 0 Å². The minimum atomic E-state index is -0.391. The lowest BCUT2D eigenvalue weighted by atomic mass is 10.1. The molecule has 0 fully saturated rings. The topological polar surface area (TPSA) is 44.8 Å². The smallest absolute Gasteiger partial charge is 0.342 e. The summed E-state index contributed by atoms with van der Waals surface area (Å²) in [5.41, 5.74) is 3.28. The van der Waals surface area contributed by atoms with Gasteiger partial charge in [0.1, 0.15) is 30.3 Å². The van der Waals surface area contributed by atoms with Gasteiger partial charge < -0.3 is 14.2 Å². The molecular weight excluding hydrogens is 376 g/mol. The fourth-order valence-electron chi connectivity index (χ4n) is 2.86. The number of benzene rings is 3. The molecule has 0 saturated carbocycles. The molecule has 0 aliphatic carbocycles. The zero-order valence-electron chi connectivity index (χ0n) is 18.2. The van der Waals surface area contributed by atoms with E-state index in [-0.39, 0.29) is 0 Å².